The van der Waals surface area contributed by atoms with Crippen LogP contribution in [0.4, 0.5) is 0 Å². The van der Waals surface area contributed by atoms with E-state index in [0.717, 1.165) is 34.3 Å². The fourth-order valence-corrected chi connectivity index (χ4v) is 4.69. The van der Waals surface area contributed by atoms with Gasteiger partial charge in [0.2, 0.25) is 0 Å². The van der Waals surface area contributed by atoms with Gasteiger partial charge in [0.15, 0.2) is 0 Å². The molecule has 6 bridgehead atoms. The molecule has 3 aromatic rings. The molecular formula is C28H39N5. The number of allylic oxidation sites excluding steroid dienone is 2. The molecule has 0 saturated carbocycles. The van der Waals surface area contributed by atoms with Crippen molar-refractivity contribution < 1.29 is 0 Å². The number of hydrogen-bond donors (Lipinski definition) is 3. The van der Waals surface area contributed by atoms with Crippen LogP contribution < -0.4 is 0 Å². The highest BCUT2D eigenvalue weighted by molar-refractivity contribution is 5.92. The van der Waals surface area contributed by atoms with Gasteiger partial charge in [0.1, 0.15) is 5.82 Å². The number of aromatic amines is 3. The first-order chi connectivity index (χ1) is 15.2. The number of nitrogens with one attached hydrogen (secondary N) is 3. The molecule has 5 nitrogen and oxygen atoms in total. The Bertz CT molecular complexity index is 1240. The summed E-state index contributed by atoms with van der Waals surface area (Å²) in [6.07, 6.45) is 4.17. The van der Waals surface area contributed by atoms with Gasteiger partial charge in [-0.3, -0.25) is 4.99 Å². The van der Waals surface area contributed by atoms with Gasteiger partial charge in [-0.15, -0.1) is 0 Å². The highest BCUT2D eigenvalue weighted by Crippen LogP contribution is 2.39. The molecule has 3 N–H and O–H groups in total. The Hall–Kier alpha value is -2.82. The molecule has 0 aromatic carbocycles. The predicted octanol–water partition coefficient (Wildman–Crippen LogP) is 6.65. The van der Waals surface area contributed by atoms with E-state index < -0.39 is 0 Å². The van der Waals surface area contributed by atoms with Crippen LogP contribution in [0.2, 0.25) is 0 Å². The standard InChI is InChI=1S/C28H39N5/c1-11-18-26(5,6)19-12-13-20(31-19)27(7,8)21-14-15-22(32-21)28(9,10)23-16-29-24(33-23)25(3,4)17(2)30-18/h11-16,31-32H,1-10H3,(H,29,33)/b18-11-,30-17+. The van der Waals surface area contributed by atoms with Crippen LogP contribution in [0.3, 0.4) is 0 Å². The van der Waals surface area contributed by atoms with Crippen LogP contribution in [0, 0.1) is 0 Å². The number of aromatic nitrogens is 4. The second-order valence-electron chi connectivity index (χ2n) is 11.6. The first kappa shape index (κ1) is 23.3. The monoisotopic (exact) mass is 445 g/mol. The summed E-state index contributed by atoms with van der Waals surface area (Å²) >= 11 is 0. The summed E-state index contributed by atoms with van der Waals surface area (Å²) in [4.78, 5) is 21.2. The van der Waals surface area contributed by atoms with Crippen molar-refractivity contribution in [3.8, 4) is 0 Å². The summed E-state index contributed by atoms with van der Waals surface area (Å²) in [5, 5.41) is 0. The summed E-state index contributed by atoms with van der Waals surface area (Å²) in [6, 6.07) is 8.84. The summed E-state index contributed by atoms with van der Waals surface area (Å²) in [5.41, 5.74) is 6.70. The quantitative estimate of drug-likeness (QED) is 0.356. The summed E-state index contributed by atoms with van der Waals surface area (Å²) in [7, 11) is 0. The number of H-pyrrole nitrogens is 3. The average molecular weight is 446 g/mol. The summed E-state index contributed by atoms with van der Waals surface area (Å²) in [6.45, 7) is 22.0. The number of fused-ring (bicyclic) bond motifs is 6. The molecule has 5 heteroatoms. The average Bonchev–Trinajstić information content (AvgIpc) is 3.50. The Labute approximate surface area is 198 Å². The van der Waals surface area contributed by atoms with Crippen LogP contribution in [0.5, 0.6) is 0 Å². The lowest BCUT2D eigenvalue weighted by Gasteiger charge is -2.29. The Morgan fingerprint density at radius 3 is 1.70 bits per heavy atom. The number of imidazole rings is 1. The second-order valence-corrected chi connectivity index (χ2v) is 11.6. The molecule has 0 amide bonds. The van der Waals surface area contributed by atoms with Gasteiger partial charge in [0.25, 0.3) is 0 Å². The van der Waals surface area contributed by atoms with E-state index in [1.54, 1.807) is 0 Å². The highest BCUT2D eigenvalue weighted by Gasteiger charge is 2.36. The van der Waals surface area contributed by atoms with Gasteiger partial charge in [-0.25, -0.2) is 4.98 Å². The van der Waals surface area contributed by atoms with Crippen molar-refractivity contribution in [1.82, 2.24) is 19.9 Å². The third-order valence-electron chi connectivity index (χ3n) is 7.98. The Morgan fingerprint density at radius 1 is 0.697 bits per heavy atom. The van der Waals surface area contributed by atoms with Gasteiger partial charge < -0.3 is 15.0 Å². The fourth-order valence-electron chi connectivity index (χ4n) is 4.69. The third-order valence-corrected chi connectivity index (χ3v) is 7.98. The normalized spacial score (nSPS) is 23.8. The third kappa shape index (κ3) is 3.53. The minimum Gasteiger partial charge on any atom is -0.361 e. The Balaban J connectivity index is 1.99. The number of hydrogen-bond acceptors (Lipinski definition) is 2. The second kappa shape index (κ2) is 7.34. The van der Waals surface area contributed by atoms with E-state index in [1.165, 1.54) is 11.4 Å². The topological polar surface area (TPSA) is 72.6 Å². The Kier molecular flexibility index (Phi) is 5.19. The first-order valence-electron chi connectivity index (χ1n) is 11.9. The minimum atomic E-state index is -0.334. The van der Waals surface area contributed by atoms with Crippen LogP contribution in [0.1, 0.15) is 104 Å². The number of aliphatic imine (C=N–C) groups is 1. The van der Waals surface area contributed by atoms with Gasteiger partial charge in [-0.1, -0.05) is 6.08 Å². The molecule has 4 rings (SSSR count). The lowest BCUT2D eigenvalue weighted by molar-refractivity contribution is 0.554. The maximum Gasteiger partial charge on any atom is 0.117 e. The van der Waals surface area contributed by atoms with E-state index in [4.69, 9.17) is 9.98 Å². The predicted molar refractivity (Wildman–Crippen MR) is 137 cm³/mol. The van der Waals surface area contributed by atoms with E-state index in [0.29, 0.717) is 0 Å². The molecule has 0 unspecified atom stereocenters. The molecule has 176 valence electrons. The zero-order valence-electron chi connectivity index (χ0n) is 21.9. The fraction of sp³-hybridized carbons (Fsp3) is 0.500. The van der Waals surface area contributed by atoms with Gasteiger partial charge >= 0.3 is 0 Å². The van der Waals surface area contributed by atoms with E-state index >= 15 is 0 Å². The molecule has 4 heterocycles. The highest BCUT2D eigenvalue weighted by atomic mass is 15.0. The van der Waals surface area contributed by atoms with Gasteiger partial charge in [0, 0.05) is 56.6 Å². The van der Waals surface area contributed by atoms with Crippen molar-refractivity contribution in [1.29, 1.82) is 0 Å². The number of rotatable bonds is 0. The van der Waals surface area contributed by atoms with Crippen LogP contribution in [-0.4, -0.2) is 25.6 Å². The minimum absolute atomic E-state index is 0.201. The molecule has 0 spiro atoms. The van der Waals surface area contributed by atoms with Crippen molar-refractivity contribution in [2.24, 2.45) is 4.99 Å². The Morgan fingerprint density at radius 2 is 1.18 bits per heavy atom. The zero-order valence-corrected chi connectivity index (χ0v) is 21.9. The SMILES string of the molecule is C/C=C1\N=C(/C)C(C)(C)c2nc(c[nH]2)C(C)(C)c2ccc([nH]2)C(C)(C)c2ccc([nH]2)C1(C)C. The largest absolute Gasteiger partial charge is 0.361 e. The van der Waals surface area contributed by atoms with E-state index in [9.17, 15) is 0 Å². The molecule has 0 radical (unpaired) electrons. The molecule has 0 saturated heterocycles. The van der Waals surface area contributed by atoms with Crippen molar-refractivity contribution in [2.75, 3.05) is 0 Å². The van der Waals surface area contributed by atoms with Crippen LogP contribution in [0.25, 0.3) is 0 Å². The smallest absolute Gasteiger partial charge is 0.117 e. The van der Waals surface area contributed by atoms with Gasteiger partial charge in [-0.05, 0) is 93.5 Å². The molecule has 0 fully saturated rings. The van der Waals surface area contributed by atoms with E-state index in [2.05, 4.69) is 115 Å². The molecule has 33 heavy (non-hydrogen) atoms. The molecular weight excluding hydrogens is 406 g/mol. The maximum absolute atomic E-state index is 5.17. The van der Waals surface area contributed by atoms with Gasteiger partial charge in [0.05, 0.1) is 11.1 Å². The first-order valence-corrected chi connectivity index (χ1v) is 11.9. The lowest BCUT2D eigenvalue weighted by Crippen LogP contribution is -2.31. The van der Waals surface area contributed by atoms with E-state index in [1.807, 2.05) is 6.20 Å². The van der Waals surface area contributed by atoms with Crippen LogP contribution in [-0.2, 0) is 21.7 Å². The molecule has 3 aromatic heterocycles. The zero-order chi connectivity index (χ0) is 24.4. The van der Waals surface area contributed by atoms with Gasteiger partial charge in [-0.2, -0.15) is 0 Å². The lowest BCUT2D eigenvalue weighted by atomic mass is 9.83. The maximum atomic E-state index is 5.17. The summed E-state index contributed by atoms with van der Waals surface area (Å²) < 4.78 is 0. The number of nitrogens with zero attached hydrogens (tertiary/aromatic N) is 2. The van der Waals surface area contributed by atoms with Crippen LogP contribution >= 0.6 is 0 Å². The van der Waals surface area contributed by atoms with Crippen molar-refractivity contribution in [2.45, 2.75) is 90.9 Å². The van der Waals surface area contributed by atoms with Crippen molar-refractivity contribution in [3.05, 3.63) is 76.5 Å². The molecule has 0 aliphatic carbocycles. The molecule has 1 aliphatic heterocycles. The molecule has 0 atom stereocenters. The molecule has 1 aliphatic rings. The van der Waals surface area contributed by atoms with Crippen molar-refractivity contribution >= 4 is 5.71 Å². The van der Waals surface area contributed by atoms with Crippen molar-refractivity contribution in [3.63, 3.8) is 0 Å². The van der Waals surface area contributed by atoms with E-state index in [-0.39, 0.29) is 21.7 Å². The van der Waals surface area contributed by atoms with Crippen LogP contribution in [0.15, 0.2) is 47.2 Å². The summed E-state index contributed by atoms with van der Waals surface area (Å²) in [5.74, 6) is 0.932.